The second-order valence-electron chi connectivity index (χ2n) is 13.8. The van der Waals surface area contributed by atoms with Crippen molar-refractivity contribution in [2.24, 2.45) is 17.3 Å². The molecule has 48 heavy (non-hydrogen) atoms. The van der Waals surface area contributed by atoms with Gasteiger partial charge in [0.1, 0.15) is 5.82 Å². The van der Waals surface area contributed by atoms with Crippen molar-refractivity contribution in [1.82, 2.24) is 9.97 Å². The maximum absolute atomic E-state index is 4.83. The van der Waals surface area contributed by atoms with Crippen molar-refractivity contribution in [3.8, 4) is 33.6 Å². The number of benzene rings is 4. The molecule has 4 aliphatic rings. The van der Waals surface area contributed by atoms with E-state index in [0.29, 0.717) is 29.2 Å². The highest BCUT2D eigenvalue weighted by Gasteiger charge is 2.62. The Kier molecular flexibility index (Phi) is 7.39. The van der Waals surface area contributed by atoms with Gasteiger partial charge < -0.3 is 4.90 Å². The topological polar surface area (TPSA) is 29.0 Å². The highest BCUT2D eigenvalue weighted by molar-refractivity contribution is 8.04. The minimum Gasteiger partial charge on any atom is -0.360 e. The summed E-state index contributed by atoms with van der Waals surface area (Å²) in [5, 5.41) is 0.491. The molecule has 3 nitrogen and oxygen atoms in total. The molecule has 2 aliphatic carbocycles. The summed E-state index contributed by atoms with van der Waals surface area (Å²) >= 11 is 4.10. The van der Waals surface area contributed by atoms with Gasteiger partial charge in [0.2, 0.25) is 0 Å². The van der Waals surface area contributed by atoms with E-state index >= 15 is 0 Å². The van der Waals surface area contributed by atoms with Crippen molar-refractivity contribution >= 4 is 29.2 Å². The number of hydrogen-bond donors (Lipinski definition) is 0. The Hall–Kier alpha value is -4.06. The first-order valence-corrected chi connectivity index (χ1v) is 18.9. The largest absolute Gasteiger partial charge is 0.360 e. The number of thioether (sulfide) groups is 2. The van der Waals surface area contributed by atoms with Crippen LogP contribution in [0.2, 0.25) is 0 Å². The third-order valence-corrected chi connectivity index (χ3v) is 13.9. The first kappa shape index (κ1) is 30.0. The molecule has 4 aromatic carbocycles. The first-order valence-electron chi connectivity index (χ1n) is 17.2. The molecule has 3 heterocycles. The fraction of sp³-hybridized carbons (Fsp3) is 0.256. The molecule has 2 fully saturated rings. The quantitative estimate of drug-likeness (QED) is 0.175. The van der Waals surface area contributed by atoms with Crippen molar-refractivity contribution in [1.29, 1.82) is 0 Å². The molecular formula is C43H39N3S2. The van der Waals surface area contributed by atoms with Gasteiger partial charge in [0.05, 0.1) is 17.4 Å². The molecule has 9 rings (SSSR count). The van der Waals surface area contributed by atoms with Crippen LogP contribution in [0.15, 0.2) is 142 Å². The van der Waals surface area contributed by atoms with Gasteiger partial charge in [0, 0.05) is 49.2 Å². The Morgan fingerprint density at radius 1 is 0.750 bits per heavy atom. The summed E-state index contributed by atoms with van der Waals surface area (Å²) < 4.78 is 0. The summed E-state index contributed by atoms with van der Waals surface area (Å²) in [7, 11) is 0. The predicted octanol–water partition coefficient (Wildman–Crippen LogP) is 11.1. The van der Waals surface area contributed by atoms with Crippen LogP contribution in [0.4, 0.5) is 5.69 Å². The molecule has 2 aliphatic heterocycles. The van der Waals surface area contributed by atoms with Crippen LogP contribution in [0, 0.1) is 24.2 Å². The standard InChI is InChI=1S/C43H39N3S2/c1-4-43-22-21-38-35(26-43)34-23-27(2)47-39-15-8-9-16-40(39)48-42(43)41(34)46(38)33-19-17-29(18-20-33)31-13-10-14-32(24-31)37-25-36(44-28(3)45-37)30-11-6-5-7-12-30/h5-25,34-35,38,41-42H,4,26H2,1-3H3/b27-23+. The van der Waals surface area contributed by atoms with E-state index in [1.54, 1.807) is 0 Å². The van der Waals surface area contributed by atoms with Crippen LogP contribution in [0.5, 0.6) is 0 Å². The zero-order valence-corrected chi connectivity index (χ0v) is 29.2. The molecule has 238 valence electrons. The van der Waals surface area contributed by atoms with Crippen LogP contribution in [0.25, 0.3) is 33.6 Å². The van der Waals surface area contributed by atoms with E-state index in [1.807, 2.05) is 24.8 Å². The smallest absolute Gasteiger partial charge is 0.126 e. The number of rotatable bonds is 5. The third-order valence-electron chi connectivity index (χ3n) is 11.1. The van der Waals surface area contributed by atoms with Gasteiger partial charge in [0.25, 0.3) is 0 Å². The predicted molar refractivity (Wildman–Crippen MR) is 202 cm³/mol. The van der Waals surface area contributed by atoms with E-state index in [4.69, 9.17) is 9.97 Å². The number of allylic oxidation sites excluding steroid dienone is 2. The SMILES string of the molecule is CCC12C=CC3C(C1)C1/C=C(\C)Sc4ccccc4SC2C1N3c1ccc(-c2cccc(-c3cc(-c4ccccc4)nc(C)n3)c2)cc1. The lowest BCUT2D eigenvalue weighted by Gasteiger charge is -2.49. The molecule has 1 saturated carbocycles. The number of anilines is 1. The van der Waals surface area contributed by atoms with E-state index in [0.717, 1.165) is 28.3 Å². The van der Waals surface area contributed by atoms with Gasteiger partial charge in [-0.2, -0.15) is 0 Å². The van der Waals surface area contributed by atoms with Gasteiger partial charge >= 0.3 is 0 Å². The molecule has 5 aromatic rings. The number of aryl methyl sites for hydroxylation is 1. The minimum atomic E-state index is 0.228. The van der Waals surface area contributed by atoms with Crippen molar-refractivity contribution in [3.63, 3.8) is 0 Å². The van der Waals surface area contributed by atoms with E-state index in [2.05, 4.69) is 152 Å². The molecule has 0 radical (unpaired) electrons. The summed E-state index contributed by atoms with van der Waals surface area (Å²) in [6.07, 6.45) is 10.3. The average Bonchev–Trinajstić information content (AvgIpc) is 3.31. The van der Waals surface area contributed by atoms with Gasteiger partial charge in [-0.3, -0.25) is 0 Å². The minimum absolute atomic E-state index is 0.228. The summed E-state index contributed by atoms with van der Waals surface area (Å²) in [5.74, 6) is 1.97. The van der Waals surface area contributed by atoms with Gasteiger partial charge in [-0.1, -0.05) is 110 Å². The van der Waals surface area contributed by atoms with Crippen LogP contribution >= 0.6 is 23.5 Å². The lowest BCUT2D eigenvalue weighted by molar-refractivity contribution is 0.167. The lowest BCUT2D eigenvalue weighted by atomic mass is 9.60. The molecule has 0 amide bonds. The van der Waals surface area contributed by atoms with Gasteiger partial charge in [-0.25, -0.2) is 9.97 Å². The van der Waals surface area contributed by atoms with Crippen molar-refractivity contribution in [2.45, 2.75) is 60.7 Å². The maximum Gasteiger partial charge on any atom is 0.126 e. The summed E-state index contributed by atoms with van der Waals surface area (Å²) in [5.41, 5.74) is 8.11. The normalized spacial score (nSPS) is 27.9. The Labute approximate surface area is 292 Å². The highest BCUT2D eigenvalue weighted by atomic mass is 32.2. The van der Waals surface area contributed by atoms with Gasteiger partial charge in [-0.15, -0.1) is 11.8 Å². The van der Waals surface area contributed by atoms with Crippen LogP contribution in [-0.4, -0.2) is 27.3 Å². The third kappa shape index (κ3) is 4.97. The number of hydrogen-bond acceptors (Lipinski definition) is 5. The van der Waals surface area contributed by atoms with E-state index in [-0.39, 0.29) is 5.41 Å². The zero-order valence-electron chi connectivity index (χ0n) is 27.6. The average molecular weight is 662 g/mol. The maximum atomic E-state index is 4.83. The second kappa shape index (κ2) is 11.8. The highest BCUT2D eigenvalue weighted by Crippen LogP contribution is 2.64. The molecule has 5 bridgehead atoms. The van der Waals surface area contributed by atoms with Crippen molar-refractivity contribution in [2.75, 3.05) is 4.90 Å². The van der Waals surface area contributed by atoms with Crippen LogP contribution in [0.3, 0.4) is 0 Å². The molecule has 0 spiro atoms. The molecule has 1 aromatic heterocycles. The number of fused-ring (bicyclic) bond motifs is 3. The van der Waals surface area contributed by atoms with Crippen LogP contribution < -0.4 is 4.90 Å². The summed E-state index contributed by atoms with van der Waals surface area (Å²) in [6, 6.07) is 40.6. The molecule has 6 atom stereocenters. The Morgan fingerprint density at radius 3 is 2.25 bits per heavy atom. The van der Waals surface area contributed by atoms with Gasteiger partial charge in [0.15, 0.2) is 0 Å². The Balaban J connectivity index is 1.07. The fourth-order valence-electron chi connectivity index (χ4n) is 8.88. The van der Waals surface area contributed by atoms with E-state index in [9.17, 15) is 0 Å². The monoisotopic (exact) mass is 661 g/mol. The van der Waals surface area contributed by atoms with Gasteiger partial charge in [-0.05, 0) is 85.0 Å². The van der Waals surface area contributed by atoms with E-state index in [1.165, 1.54) is 44.4 Å². The zero-order chi connectivity index (χ0) is 32.4. The van der Waals surface area contributed by atoms with E-state index < -0.39 is 0 Å². The van der Waals surface area contributed by atoms with Crippen LogP contribution in [-0.2, 0) is 0 Å². The molecule has 6 unspecified atom stereocenters. The lowest BCUT2D eigenvalue weighted by Crippen LogP contribution is -2.51. The molecule has 0 N–H and O–H groups in total. The molecule has 1 saturated heterocycles. The Bertz CT molecular complexity index is 2070. The summed E-state index contributed by atoms with van der Waals surface area (Å²) in [4.78, 5) is 16.6. The van der Waals surface area contributed by atoms with Crippen LogP contribution in [0.1, 0.15) is 32.5 Å². The second-order valence-corrected chi connectivity index (χ2v) is 16.3. The molecular weight excluding hydrogens is 623 g/mol. The summed E-state index contributed by atoms with van der Waals surface area (Å²) in [6.45, 7) is 6.71. The molecule has 5 heteroatoms. The number of aromatic nitrogens is 2. The fourth-order valence-corrected chi connectivity index (χ4v) is 11.7. The first-order chi connectivity index (χ1) is 23.5. The van der Waals surface area contributed by atoms with Crippen molar-refractivity contribution < 1.29 is 0 Å². The Morgan fingerprint density at radius 2 is 1.46 bits per heavy atom. The van der Waals surface area contributed by atoms with Crippen molar-refractivity contribution in [3.05, 3.63) is 138 Å². The number of nitrogens with zero attached hydrogens (tertiary/aromatic N) is 3.